The summed E-state index contributed by atoms with van der Waals surface area (Å²) in [5.41, 5.74) is 4.93. The predicted octanol–water partition coefficient (Wildman–Crippen LogP) is -0.145. The minimum absolute atomic E-state index is 0.181. The molecule has 2 N–H and O–H groups in total. The second-order valence-corrected chi connectivity index (χ2v) is 3.84. The molecule has 1 fully saturated rings. The van der Waals surface area contributed by atoms with Crippen LogP contribution in [-0.4, -0.2) is 54.9 Å². The molecule has 1 rings (SSSR count). The van der Waals surface area contributed by atoms with Crippen LogP contribution in [-0.2, 0) is 4.74 Å². The molecule has 0 aromatic rings. The molecule has 0 spiro atoms. The maximum Gasteiger partial charge on any atom is 0.302 e. The molecule has 1 unspecified atom stereocenters. The molecular weight excluding hydrogens is 224 g/mol. The van der Waals surface area contributed by atoms with Gasteiger partial charge >= 0.3 is 5.70 Å². The summed E-state index contributed by atoms with van der Waals surface area (Å²) in [6, 6.07) is 0.251. The number of hydrogen-bond acceptors (Lipinski definition) is 6. The Balaban J connectivity index is 2.38. The first-order valence-corrected chi connectivity index (χ1v) is 5.53. The third-order valence-corrected chi connectivity index (χ3v) is 2.64. The average Bonchev–Trinajstić information content (AvgIpc) is 2.35. The van der Waals surface area contributed by atoms with E-state index in [0.29, 0.717) is 6.54 Å². The molecule has 1 heterocycles. The van der Waals surface area contributed by atoms with Gasteiger partial charge in [0.25, 0.3) is 0 Å². The number of allylic oxidation sites excluding steroid dienone is 1. The molecule has 96 valence electrons. The van der Waals surface area contributed by atoms with E-state index in [9.17, 15) is 10.1 Å². The van der Waals surface area contributed by atoms with Gasteiger partial charge in [-0.2, -0.15) is 0 Å². The number of aliphatic imine (C=N–C) groups is 1. The van der Waals surface area contributed by atoms with E-state index in [4.69, 9.17) is 10.5 Å². The molecule has 0 bridgehead atoms. The monoisotopic (exact) mass is 242 g/mol. The van der Waals surface area contributed by atoms with Crippen molar-refractivity contribution in [2.45, 2.75) is 13.0 Å². The largest absolute Gasteiger partial charge is 0.399 e. The van der Waals surface area contributed by atoms with Crippen LogP contribution in [0.3, 0.4) is 0 Å². The van der Waals surface area contributed by atoms with E-state index in [-0.39, 0.29) is 11.7 Å². The van der Waals surface area contributed by atoms with E-state index < -0.39 is 4.92 Å². The van der Waals surface area contributed by atoms with Crippen molar-refractivity contribution < 1.29 is 9.66 Å². The van der Waals surface area contributed by atoms with Gasteiger partial charge in [-0.05, 0) is 6.92 Å². The summed E-state index contributed by atoms with van der Waals surface area (Å²) >= 11 is 0. The van der Waals surface area contributed by atoms with Crippen LogP contribution >= 0.6 is 0 Å². The smallest absolute Gasteiger partial charge is 0.302 e. The molecule has 0 aromatic carbocycles. The zero-order valence-corrected chi connectivity index (χ0v) is 9.91. The van der Waals surface area contributed by atoms with Gasteiger partial charge in [0.05, 0.1) is 30.9 Å². The molecule has 0 radical (unpaired) electrons. The van der Waals surface area contributed by atoms with Crippen LogP contribution in [0.15, 0.2) is 16.9 Å². The normalized spacial score (nSPS) is 20.6. The summed E-state index contributed by atoms with van der Waals surface area (Å²) in [5.74, 6) is 0. The Hall–Kier alpha value is -1.47. The Morgan fingerprint density at radius 2 is 2.29 bits per heavy atom. The lowest BCUT2D eigenvalue weighted by atomic mass is 10.2. The number of nitrogens with two attached hydrogens (primary N) is 1. The molecule has 0 aliphatic carbocycles. The van der Waals surface area contributed by atoms with Crippen molar-refractivity contribution in [1.29, 1.82) is 0 Å². The van der Waals surface area contributed by atoms with Crippen LogP contribution in [0.4, 0.5) is 0 Å². The first-order valence-electron chi connectivity index (χ1n) is 5.53. The number of morpholine rings is 1. The summed E-state index contributed by atoms with van der Waals surface area (Å²) < 4.78 is 5.25. The highest BCUT2D eigenvalue weighted by Crippen LogP contribution is 2.03. The first kappa shape index (κ1) is 13.6. The highest BCUT2D eigenvalue weighted by molar-refractivity contribution is 5.75. The first-order chi connectivity index (χ1) is 8.15. The molecule has 7 heteroatoms. The second-order valence-electron chi connectivity index (χ2n) is 3.84. The van der Waals surface area contributed by atoms with E-state index in [0.717, 1.165) is 32.5 Å². The Morgan fingerprint density at radius 1 is 1.65 bits per heavy atom. The molecule has 7 nitrogen and oxygen atoms in total. The van der Waals surface area contributed by atoms with Crippen LogP contribution in [0, 0.1) is 10.1 Å². The standard InChI is InChI=1S/C10H18N4O3/c1-9(13-2-4-17-5-3-13)7-12-8-10(6-11)14(15)16/h6,8-9H,2-5,7,11H2,1H3. The van der Waals surface area contributed by atoms with Crippen LogP contribution in [0.2, 0.25) is 0 Å². The summed E-state index contributed by atoms with van der Waals surface area (Å²) in [6.07, 6.45) is 2.15. The molecule has 0 saturated carbocycles. The van der Waals surface area contributed by atoms with Gasteiger partial charge in [-0.3, -0.25) is 20.0 Å². The van der Waals surface area contributed by atoms with Gasteiger partial charge in [0.15, 0.2) is 0 Å². The van der Waals surface area contributed by atoms with Crippen LogP contribution in [0.25, 0.3) is 0 Å². The number of nitrogens with zero attached hydrogens (tertiary/aromatic N) is 3. The molecule has 1 aliphatic rings. The summed E-state index contributed by atoms with van der Waals surface area (Å²) in [5, 5.41) is 10.4. The average molecular weight is 242 g/mol. The summed E-state index contributed by atoms with van der Waals surface area (Å²) in [4.78, 5) is 16.2. The predicted molar refractivity (Wildman–Crippen MR) is 64.5 cm³/mol. The molecular formula is C10H18N4O3. The van der Waals surface area contributed by atoms with Crippen molar-refractivity contribution in [3.63, 3.8) is 0 Å². The van der Waals surface area contributed by atoms with Gasteiger partial charge in [-0.15, -0.1) is 0 Å². The van der Waals surface area contributed by atoms with Crippen LogP contribution < -0.4 is 5.73 Å². The zero-order valence-electron chi connectivity index (χ0n) is 9.91. The molecule has 1 saturated heterocycles. The fraction of sp³-hybridized carbons (Fsp3) is 0.700. The summed E-state index contributed by atoms with van der Waals surface area (Å²) in [6.45, 7) is 5.79. The Bertz CT molecular complexity index is 311. The Labute approximate surface area is 100 Å². The van der Waals surface area contributed by atoms with E-state index in [1.165, 1.54) is 6.21 Å². The van der Waals surface area contributed by atoms with Gasteiger partial charge in [-0.25, -0.2) is 0 Å². The maximum atomic E-state index is 10.4. The van der Waals surface area contributed by atoms with E-state index in [1.807, 2.05) is 6.92 Å². The fourth-order valence-corrected chi connectivity index (χ4v) is 1.58. The minimum atomic E-state index is -0.553. The highest BCUT2D eigenvalue weighted by atomic mass is 16.6. The lowest BCUT2D eigenvalue weighted by Gasteiger charge is -2.31. The maximum absolute atomic E-state index is 10.4. The Morgan fingerprint density at radius 3 is 2.82 bits per heavy atom. The van der Waals surface area contributed by atoms with Crippen molar-refractivity contribution in [3.05, 3.63) is 22.0 Å². The molecule has 1 atom stereocenters. The third-order valence-electron chi connectivity index (χ3n) is 2.64. The zero-order chi connectivity index (χ0) is 12.7. The number of nitro groups is 1. The number of ether oxygens (including phenoxy) is 1. The van der Waals surface area contributed by atoms with Gasteiger partial charge in [-0.1, -0.05) is 0 Å². The topological polar surface area (TPSA) is 94.0 Å². The minimum Gasteiger partial charge on any atom is -0.399 e. The van der Waals surface area contributed by atoms with Crippen molar-refractivity contribution in [3.8, 4) is 0 Å². The van der Waals surface area contributed by atoms with Crippen molar-refractivity contribution in [2.24, 2.45) is 10.7 Å². The quantitative estimate of drug-likeness (QED) is 0.411. The van der Waals surface area contributed by atoms with E-state index in [1.54, 1.807) is 0 Å². The van der Waals surface area contributed by atoms with E-state index in [2.05, 4.69) is 9.89 Å². The van der Waals surface area contributed by atoms with Crippen LogP contribution in [0.5, 0.6) is 0 Å². The van der Waals surface area contributed by atoms with E-state index >= 15 is 0 Å². The molecule has 0 aromatic heterocycles. The number of hydrogen-bond donors (Lipinski definition) is 1. The lowest BCUT2D eigenvalue weighted by molar-refractivity contribution is -0.414. The highest BCUT2D eigenvalue weighted by Gasteiger charge is 2.16. The fourth-order valence-electron chi connectivity index (χ4n) is 1.58. The van der Waals surface area contributed by atoms with Gasteiger partial charge in [0.1, 0.15) is 6.21 Å². The molecule has 17 heavy (non-hydrogen) atoms. The van der Waals surface area contributed by atoms with Crippen LogP contribution in [0.1, 0.15) is 6.92 Å². The van der Waals surface area contributed by atoms with Crippen molar-refractivity contribution in [1.82, 2.24) is 4.90 Å². The van der Waals surface area contributed by atoms with Crippen molar-refractivity contribution >= 4 is 6.21 Å². The van der Waals surface area contributed by atoms with Crippen molar-refractivity contribution in [2.75, 3.05) is 32.8 Å². The molecule has 0 amide bonds. The number of rotatable bonds is 5. The molecule has 1 aliphatic heterocycles. The van der Waals surface area contributed by atoms with Gasteiger partial charge < -0.3 is 10.5 Å². The lowest BCUT2D eigenvalue weighted by Crippen LogP contribution is -2.43. The summed E-state index contributed by atoms with van der Waals surface area (Å²) in [7, 11) is 0. The van der Waals surface area contributed by atoms with Gasteiger partial charge in [0.2, 0.25) is 0 Å². The Kier molecular flexibility index (Phi) is 5.58. The third kappa shape index (κ3) is 4.49. The second kappa shape index (κ2) is 6.97. The van der Waals surface area contributed by atoms with Gasteiger partial charge in [0, 0.05) is 19.1 Å². The SMILES string of the molecule is CC(CN=CC(=CN)[N+](=O)[O-])N1CCOCC1.